The van der Waals surface area contributed by atoms with Gasteiger partial charge in [-0.05, 0) is 38.0 Å². The predicted octanol–water partition coefficient (Wildman–Crippen LogP) is 4.07. The van der Waals surface area contributed by atoms with Gasteiger partial charge in [0, 0.05) is 69.7 Å². The van der Waals surface area contributed by atoms with Gasteiger partial charge in [0.05, 0.1) is 7.11 Å². The molecule has 0 aromatic heterocycles. The van der Waals surface area contributed by atoms with Crippen LogP contribution in [0.4, 0.5) is 5.69 Å². The Morgan fingerprint density at radius 3 is 2.39 bits per heavy atom. The minimum absolute atomic E-state index is 0. The van der Waals surface area contributed by atoms with Crippen molar-refractivity contribution >= 4 is 35.6 Å². The van der Waals surface area contributed by atoms with Crippen LogP contribution in [-0.4, -0.2) is 71.0 Å². The minimum Gasteiger partial charge on any atom is -0.496 e. The fourth-order valence-corrected chi connectivity index (χ4v) is 4.94. The number of benzene rings is 2. The first kappa shape index (κ1) is 25.6. The second-order valence-electron chi connectivity index (χ2n) is 8.81. The number of anilines is 1. The average Bonchev–Trinajstić information content (AvgIpc) is 2.86. The molecule has 2 heterocycles. The summed E-state index contributed by atoms with van der Waals surface area (Å²) in [6.07, 6.45) is 1.94. The van der Waals surface area contributed by atoms with Gasteiger partial charge in [-0.15, -0.1) is 24.0 Å². The van der Waals surface area contributed by atoms with E-state index in [1.54, 1.807) is 7.11 Å². The standard InChI is InChI=1S/C26H36N4O2.HI/c1-21-9-10-24(31-3)23(19-21)26(11-17-32-18-12-26)20-28-25(27-2)30-15-13-29(14-16-30)22-7-5-4-6-8-22;/h4-10,19H,11-18,20H2,1-3H3,(H,27,28);1H. The number of aliphatic imine (C=N–C) groups is 1. The van der Waals surface area contributed by atoms with E-state index in [-0.39, 0.29) is 29.4 Å². The highest BCUT2D eigenvalue weighted by molar-refractivity contribution is 14.0. The minimum atomic E-state index is -0.0303. The monoisotopic (exact) mass is 564 g/mol. The van der Waals surface area contributed by atoms with E-state index < -0.39 is 0 Å². The lowest BCUT2D eigenvalue weighted by Crippen LogP contribution is -2.55. The van der Waals surface area contributed by atoms with Gasteiger partial charge in [0.25, 0.3) is 0 Å². The summed E-state index contributed by atoms with van der Waals surface area (Å²) >= 11 is 0. The van der Waals surface area contributed by atoms with Crippen LogP contribution >= 0.6 is 24.0 Å². The molecule has 2 fully saturated rings. The van der Waals surface area contributed by atoms with Gasteiger partial charge in [-0.2, -0.15) is 0 Å². The van der Waals surface area contributed by atoms with Gasteiger partial charge in [-0.3, -0.25) is 4.99 Å². The number of ether oxygens (including phenoxy) is 2. The summed E-state index contributed by atoms with van der Waals surface area (Å²) in [5, 5.41) is 3.72. The Morgan fingerprint density at radius 1 is 1.06 bits per heavy atom. The summed E-state index contributed by atoms with van der Waals surface area (Å²) in [6.45, 7) is 8.41. The number of hydrogen-bond acceptors (Lipinski definition) is 4. The van der Waals surface area contributed by atoms with Crippen LogP contribution in [-0.2, 0) is 10.2 Å². The molecule has 1 N–H and O–H groups in total. The molecule has 2 aromatic rings. The Labute approximate surface area is 215 Å². The summed E-state index contributed by atoms with van der Waals surface area (Å²) in [6, 6.07) is 17.2. The Morgan fingerprint density at radius 2 is 1.76 bits per heavy atom. The number of hydrogen-bond donors (Lipinski definition) is 1. The zero-order valence-corrected chi connectivity index (χ0v) is 22.4. The molecule has 0 unspecified atom stereocenters. The van der Waals surface area contributed by atoms with Crippen molar-refractivity contribution in [3.63, 3.8) is 0 Å². The molecule has 7 heteroatoms. The van der Waals surface area contributed by atoms with E-state index in [1.165, 1.54) is 16.8 Å². The molecular weight excluding hydrogens is 527 g/mol. The number of nitrogens with one attached hydrogen (secondary N) is 1. The largest absolute Gasteiger partial charge is 0.496 e. The molecular formula is C26H37IN4O2. The number of aryl methyl sites for hydroxylation is 1. The fourth-order valence-electron chi connectivity index (χ4n) is 4.94. The van der Waals surface area contributed by atoms with Crippen LogP contribution < -0.4 is 15.0 Å². The lowest BCUT2D eigenvalue weighted by Gasteiger charge is -2.41. The summed E-state index contributed by atoms with van der Waals surface area (Å²) in [7, 11) is 3.65. The maximum atomic E-state index is 5.77. The van der Waals surface area contributed by atoms with E-state index >= 15 is 0 Å². The van der Waals surface area contributed by atoms with Crippen molar-refractivity contribution in [3.05, 3.63) is 59.7 Å². The summed E-state index contributed by atoms with van der Waals surface area (Å²) in [5.74, 6) is 1.95. The number of rotatable bonds is 5. The highest BCUT2D eigenvalue weighted by atomic mass is 127. The molecule has 0 radical (unpaired) electrons. The van der Waals surface area contributed by atoms with E-state index in [1.807, 2.05) is 7.05 Å². The van der Waals surface area contributed by atoms with E-state index in [0.29, 0.717) is 0 Å². The van der Waals surface area contributed by atoms with Gasteiger partial charge in [-0.1, -0.05) is 35.9 Å². The maximum absolute atomic E-state index is 5.77. The molecule has 180 valence electrons. The highest BCUT2D eigenvalue weighted by Crippen LogP contribution is 2.40. The van der Waals surface area contributed by atoms with Crippen LogP contribution in [0, 0.1) is 6.92 Å². The molecule has 2 aliphatic heterocycles. The number of nitrogens with zero attached hydrogens (tertiary/aromatic N) is 3. The number of halogens is 1. The van der Waals surface area contributed by atoms with Crippen LogP contribution in [0.2, 0.25) is 0 Å². The first-order valence-corrected chi connectivity index (χ1v) is 11.6. The van der Waals surface area contributed by atoms with Crippen molar-refractivity contribution in [2.45, 2.75) is 25.2 Å². The quantitative estimate of drug-likeness (QED) is 0.337. The van der Waals surface area contributed by atoms with Gasteiger partial charge in [0.1, 0.15) is 5.75 Å². The van der Waals surface area contributed by atoms with Crippen molar-refractivity contribution in [1.29, 1.82) is 0 Å². The first-order chi connectivity index (χ1) is 15.6. The van der Waals surface area contributed by atoms with Crippen molar-refractivity contribution in [2.75, 3.05) is 65.0 Å². The molecule has 33 heavy (non-hydrogen) atoms. The van der Waals surface area contributed by atoms with Crippen molar-refractivity contribution in [2.24, 2.45) is 4.99 Å². The zero-order valence-electron chi connectivity index (χ0n) is 20.0. The van der Waals surface area contributed by atoms with Crippen LogP contribution in [0.1, 0.15) is 24.0 Å². The second kappa shape index (κ2) is 11.9. The SMILES string of the molecule is CN=C(NCC1(c2cc(C)ccc2OC)CCOCC1)N1CCN(c2ccccc2)CC1.I. The van der Waals surface area contributed by atoms with Gasteiger partial charge in [0.2, 0.25) is 0 Å². The molecule has 0 saturated carbocycles. The van der Waals surface area contributed by atoms with E-state index in [0.717, 1.165) is 70.5 Å². The lowest BCUT2D eigenvalue weighted by molar-refractivity contribution is 0.0503. The summed E-state index contributed by atoms with van der Waals surface area (Å²) in [4.78, 5) is 9.45. The Bertz CT molecular complexity index is 908. The third-order valence-electron chi connectivity index (χ3n) is 6.87. The van der Waals surface area contributed by atoms with Crippen molar-refractivity contribution in [3.8, 4) is 5.75 Å². The maximum Gasteiger partial charge on any atom is 0.193 e. The van der Waals surface area contributed by atoms with Gasteiger partial charge in [-0.25, -0.2) is 0 Å². The molecule has 0 spiro atoms. The molecule has 0 atom stereocenters. The molecule has 2 aliphatic rings. The third-order valence-corrected chi connectivity index (χ3v) is 6.87. The summed E-state index contributed by atoms with van der Waals surface area (Å²) < 4.78 is 11.5. The topological polar surface area (TPSA) is 49.3 Å². The fraction of sp³-hybridized carbons (Fsp3) is 0.500. The smallest absolute Gasteiger partial charge is 0.193 e. The van der Waals surface area contributed by atoms with Gasteiger partial charge in [0.15, 0.2) is 5.96 Å². The van der Waals surface area contributed by atoms with Gasteiger partial charge < -0.3 is 24.6 Å². The van der Waals surface area contributed by atoms with E-state index in [2.05, 4.69) is 75.6 Å². The molecule has 0 bridgehead atoms. The predicted molar refractivity (Wildman–Crippen MR) is 146 cm³/mol. The molecule has 0 amide bonds. The third kappa shape index (κ3) is 5.93. The van der Waals surface area contributed by atoms with Crippen LogP contribution in [0.3, 0.4) is 0 Å². The molecule has 2 saturated heterocycles. The number of piperazine rings is 1. The number of guanidine groups is 1. The molecule has 6 nitrogen and oxygen atoms in total. The highest BCUT2D eigenvalue weighted by Gasteiger charge is 2.37. The Kier molecular flexibility index (Phi) is 9.26. The normalized spacial score (nSPS) is 18.5. The Hall–Kier alpha value is -2.00. The second-order valence-corrected chi connectivity index (χ2v) is 8.81. The number of para-hydroxylation sites is 1. The molecule has 0 aliphatic carbocycles. The first-order valence-electron chi connectivity index (χ1n) is 11.6. The van der Waals surface area contributed by atoms with E-state index in [4.69, 9.17) is 9.47 Å². The lowest BCUT2D eigenvalue weighted by atomic mass is 9.73. The average molecular weight is 565 g/mol. The van der Waals surface area contributed by atoms with Crippen molar-refractivity contribution < 1.29 is 9.47 Å². The summed E-state index contributed by atoms with van der Waals surface area (Å²) in [5.41, 5.74) is 3.80. The Balaban J connectivity index is 0.00000306. The molecule has 4 rings (SSSR count). The molecule has 2 aromatic carbocycles. The van der Waals surface area contributed by atoms with Crippen LogP contribution in [0.25, 0.3) is 0 Å². The zero-order chi connectivity index (χ0) is 22.4. The number of methoxy groups -OCH3 is 1. The van der Waals surface area contributed by atoms with Gasteiger partial charge >= 0.3 is 0 Å². The van der Waals surface area contributed by atoms with Crippen molar-refractivity contribution in [1.82, 2.24) is 10.2 Å². The van der Waals surface area contributed by atoms with E-state index in [9.17, 15) is 0 Å². The van der Waals surface area contributed by atoms with Crippen LogP contribution in [0.5, 0.6) is 5.75 Å². The van der Waals surface area contributed by atoms with Crippen LogP contribution in [0.15, 0.2) is 53.5 Å².